The van der Waals surface area contributed by atoms with E-state index >= 15 is 0 Å². The predicted molar refractivity (Wildman–Crippen MR) is 75.2 cm³/mol. The molecule has 0 aliphatic heterocycles. The van der Waals surface area contributed by atoms with Gasteiger partial charge in [-0.3, -0.25) is 4.66 Å². The molecule has 86 valence electrons. The topological polar surface area (TPSA) is 20.2 Å². The van der Waals surface area contributed by atoms with Crippen LogP contribution in [0.15, 0.2) is 50.6 Å². The predicted octanol–water partition coefficient (Wildman–Crippen LogP) is 3.88. The average molecular weight is 248 g/mol. The molecule has 0 radical (unpaired) electrons. The fraction of sp³-hybridized carbons (Fsp3) is 0.333. The second-order valence-corrected chi connectivity index (χ2v) is 7.37. The first-order valence-electron chi connectivity index (χ1n) is 4.70. The minimum atomic E-state index is -0.968. The van der Waals surface area contributed by atoms with Crippen molar-refractivity contribution in [3.05, 3.63) is 50.6 Å². The van der Waals surface area contributed by atoms with Gasteiger partial charge in [-0.2, -0.15) is 0 Å². The summed E-state index contributed by atoms with van der Waals surface area (Å²) in [5.74, 6) is 0. The summed E-state index contributed by atoms with van der Waals surface area (Å²) in [6.45, 7) is 15.3. The fourth-order valence-electron chi connectivity index (χ4n) is 1.54. The molecule has 0 aromatic carbocycles. The van der Waals surface area contributed by atoms with Gasteiger partial charge in [-0.05, 0) is 0 Å². The third-order valence-electron chi connectivity index (χ3n) is 2.07. The molecule has 0 aromatic heterocycles. The highest BCUT2D eigenvalue weighted by molar-refractivity contribution is 7.76. The van der Waals surface area contributed by atoms with Gasteiger partial charge in [0.1, 0.15) is 0 Å². The monoisotopic (exact) mass is 247 g/mol. The maximum atomic E-state index is 6.47. The van der Waals surface area contributed by atoms with Crippen molar-refractivity contribution in [1.82, 2.24) is 0 Å². The first-order chi connectivity index (χ1) is 7.24. The summed E-state index contributed by atoms with van der Waals surface area (Å²) in [5, 5.41) is 0. The zero-order valence-corrected chi connectivity index (χ0v) is 10.9. The van der Waals surface area contributed by atoms with E-state index in [1.54, 1.807) is 0 Å². The summed E-state index contributed by atoms with van der Waals surface area (Å²) in [6.07, 6.45) is 12.5. The Hall–Kier alpha value is -0.360. The van der Waals surface area contributed by atoms with E-state index in [1.165, 1.54) is 0 Å². The van der Waals surface area contributed by atoms with Crippen LogP contribution in [0.25, 0.3) is 0 Å². The SMILES string of the molecule is C=CC[P+](CC=C)(CC=C)CC=C.OCl. The molecule has 0 saturated carbocycles. The lowest BCUT2D eigenvalue weighted by molar-refractivity contribution is 0.632. The molecule has 0 saturated heterocycles. The Labute approximate surface area is 99.4 Å². The Morgan fingerprint density at radius 3 is 1.07 bits per heavy atom. The van der Waals surface area contributed by atoms with E-state index in [-0.39, 0.29) is 0 Å². The van der Waals surface area contributed by atoms with Crippen LogP contribution < -0.4 is 0 Å². The molecule has 0 amide bonds. The lowest BCUT2D eigenvalue weighted by Gasteiger charge is -2.22. The highest BCUT2D eigenvalue weighted by Crippen LogP contribution is 2.58. The van der Waals surface area contributed by atoms with E-state index < -0.39 is 7.26 Å². The van der Waals surface area contributed by atoms with Gasteiger partial charge in [-0.15, -0.1) is 0 Å². The van der Waals surface area contributed by atoms with Crippen molar-refractivity contribution in [2.24, 2.45) is 0 Å². The molecule has 0 heterocycles. The smallest absolute Gasteiger partial charge is 0.0780 e. The summed E-state index contributed by atoms with van der Waals surface area (Å²) < 4.78 is 6.47. The summed E-state index contributed by atoms with van der Waals surface area (Å²) in [4.78, 5) is 0. The van der Waals surface area contributed by atoms with E-state index in [2.05, 4.69) is 38.2 Å². The van der Waals surface area contributed by atoms with Crippen molar-refractivity contribution in [1.29, 1.82) is 0 Å². The van der Waals surface area contributed by atoms with Gasteiger partial charge >= 0.3 is 0 Å². The quantitative estimate of drug-likeness (QED) is 0.510. The normalized spacial score (nSPS) is 9.47. The lowest BCUT2D eigenvalue weighted by Crippen LogP contribution is -2.07. The van der Waals surface area contributed by atoms with Crippen molar-refractivity contribution in [3.63, 3.8) is 0 Å². The first-order valence-corrected chi connectivity index (χ1v) is 7.57. The van der Waals surface area contributed by atoms with Crippen LogP contribution in [0.2, 0.25) is 0 Å². The molecule has 0 rings (SSSR count). The maximum Gasteiger partial charge on any atom is 0.0780 e. The van der Waals surface area contributed by atoms with Gasteiger partial charge in [0.2, 0.25) is 0 Å². The molecule has 0 aromatic rings. The van der Waals surface area contributed by atoms with E-state index in [1.807, 2.05) is 24.3 Å². The molecule has 15 heavy (non-hydrogen) atoms. The van der Waals surface area contributed by atoms with Crippen LogP contribution in [0.4, 0.5) is 0 Å². The van der Waals surface area contributed by atoms with Gasteiger partial charge in [0, 0.05) is 7.26 Å². The highest BCUT2D eigenvalue weighted by atomic mass is 35.5. The number of hydrogen-bond donors (Lipinski definition) is 1. The van der Waals surface area contributed by atoms with Gasteiger partial charge in [0.25, 0.3) is 0 Å². The zero-order valence-electron chi connectivity index (χ0n) is 9.24. The van der Waals surface area contributed by atoms with E-state index in [9.17, 15) is 0 Å². The van der Waals surface area contributed by atoms with Gasteiger partial charge in [0.05, 0.1) is 36.5 Å². The summed E-state index contributed by atoms with van der Waals surface area (Å²) >= 11 is 3.64. The molecule has 0 unspecified atom stereocenters. The van der Waals surface area contributed by atoms with Crippen LogP contribution in [0.3, 0.4) is 0 Å². The minimum absolute atomic E-state index is 0.968. The summed E-state index contributed by atoms with van der Waals surface area (Å²) in [5.41, 5.74) is 0. The molecule has 0 fully saturated rings. The Kier molecular flexibility index (Phi) is 13.3. The van der Waals surface area contributed by atoms with Gasteiger partial charge < -0.3 is 0 Å². The van der Waals surface area contributed by atoms with Gasteiger partial charge in [-0.25, -0.2) is 0 Å². The second kappa shape index (κ2) is 11.7. The number of halogens is 1. The second-order valence-electron chi connectivity index (χ2n) is 3.23. The van der Waals surface area contributed by atoms with Crippen molar-refractivity contribution < 1.29 is 4.66 Å². The highest BCUT2D eigenvalue weighted by Gasteiger charge is 2.31. The molecule has 3 heteroatoms. The molecule has 0 spiro atoms. The van der Waals surface area contributed by atoms with Crippen LogP contribution in [-0.2, 0) is 0 Å². The van der Waals surface area contributed by atoms with E-state index in [0.717, 1.165) is 24.6 Å². The summed E-state index contributed by atoms with van der Waals surface area (Å²) in [7, 11) is -0.968. The lowest BCUT2D eigenvalue weighted by atomic mass is 10.7. The van der Waals surface area contributed by atoms with Crippen LogP contribution in [0.5, 0.6) is 0 Å². The Morgan fingerprint density at radius 1 is 0.733 bits per heavy atom. The zero-order chi connectivity index (χ0) is 12.2. The molecule has 0 atom stereocenters. The van der Waals surface area contributed by atoms with Crippen LogP contribution in [0, 0.1) is 0 Å². The number of hydrogen-bond acceptors (Lipinski definition) is 1. The third kappa shape index (κ3) is 7.56. The Bertz CT molecular complexity index is 156. The fourth-order valence-corrected chi connectivity index (χ4v) is 4.63. The Morgan fingerprint density at radius 2 is 0.933 bits per heavy atom. The van der Waals surface area contributed by atoms with Crippen molar-refractivity contribution in [3.8, 4) is 0 Å². The standard InChI is InChI=1S/C12H20P.ClHO/c1-5-9-13(10-6-2,11-7-3)12-8-4;1-2/h5-8H,1-4,9-12H2;2H/q+1;. The molecule has 0 bridgehead atoms. The van der Waals surface area contributed by atoms with Crippen molar-refractivity contribution in [2.75, 3.05) is 24.6 Å². The third-order valence-corrected chi connectivity index (χ3v) is 6.20. The largest absolute Gasteiger partial charge is 0.295 e. The van der Waals surface area contributed by atoms with E-state index in [0.29, 0.717) is 0 Å². The van der Waals surface area contributed by atoms with Crippen molar-refractivity contribution >= 4 is 19.1 Å². The maximum absolute atomic E-state index is 6.47. The van der Waals surface area contributed by atoms with Crippen LogP contribution in [-0.4, -0.2) is 29.3 Å². The van der Waals surface area contributed by atoms with Crippen LogP contribution in [0.1, 0.15) is 0 Å². The molecular formula is C12H21ClOP+. The van der Waals surface area contributed by atoms with Crippen LogP contribution >= 0.6 is 19.1 Å². The van der Waals surface area contributed by atoms with E-state index in [4.69, 9.17) is 4.66 Å². The van der Waals surface area contributed by atoms with Gasteiger partial charge in [-0.1, -0.05) is 50.6 Å². The molecule has 0 aliphatic rings. The molecule has 1 N–H and O–H groups in total. The first kappa shape index (κ1) is 17.0. The summed E-state index contributed by atoms with van der Waals surface area (Å²) in [6, 6.07) is 0. The molecular weight excluding hydrogens is 227 g/mol. The molecule has 0 aliphatic carbocycles. The van der Waals surface area contributed by atoms with Gasteiger partial charge in [0.15, 0.2) is 0 Å². The average Bonchev–Trinajstić information content (AvgIpc) is 2.22. The number of rotatable bonds is 8. The minimum Gasteiger partial charge on any atom is -0.295 e. The molecule has 1 nitrogen and oxygen atoms in total. The number of allylic oxidation sites excluding steroid dienone is 4. The van der Waals surface area contributed by atoms with Crippen molar-refractivity contribution in [2.45, 2.75) is 0 Å². The Balaban J connectivity index is 0.